The Morgan fingerprint density at radius 3 is 2.07 bits per heavy atom. The van der Waals surface area contributed by atoms with E-state index >= 15 is 4.79 Å². The molecule has 0 saturated carbocycles. The first-order valence-corrected chi connectivity index (χ1v) is 41.3. The molecule has 4 rings (SSSR count). The first kappa shape index (κ1) is 96.5. The van der Waals surface area contributed by atoms with E-state index in [4.69, 9.17) is 19.3 Å². The number of likely N-dealkylation sites (N-methyl/N-ethyl adjacent to an activating group) is 2. The number of hydrogen-bond donors (Lipinski definition) is 13. The Morgan fingerprint density at radius 2 is 1.43 bits per heavy atom. The normalized spacial score (nSPS) is 15.4. The fraction of sp³-hybridized carbons (Fsp3) is 0.605. The number of carboxylic acids is 3. The highest BCUT2D eigenvalue weighted by Crippen LogP contribution is 2.30. The summed E-state index contributed by atoms with van der Waals surface area (Å²) in [6.07, 6.45) is 1.27. The number of carbonyl (C=O) groups excluding carboxylic acids is 12. The number of aryl methyl sites for hydroxylation is 1. The summed E-state index contributed by atoms with van der Waals surface area (Å²) in [4.78, 5) is 204. The Kier molecular flexibility index (Phi) is 41.6. The lowest BCUT2D eigenvalue weighted by molar-refractivity contribution is -0.175. The summed E-state index contributed by atoms with van der Waals surface area (Å²) in [6, 6.07) is 7.22. The monoisotopic (exact) mass is 1660 g/mol. The van der Waals surface area contributed by atoms with Crippen LogP contribution in [0.4, 0.5) is 9.59 Å². The summed E-state index contributed by atoms with van der Waals surface area (Å²) in [6.45, 7) is 14.5. The first-order valence-electron chi connectivity index (χ1n) is 38.0. The van der Waals surface area contributed by atoms with E-state index in [1.165, 1.54) is 75.8 Å². The molecule has 1 unspecified atom stereocenters. The van der Waals surface area contributed by atoms with Crippen LogP contribution in [0, 0.1) is 11.8 Å². The zero-order chi connectivity index (χ0) is 84.8. The molecule has 1 aliphatic heterocycles. The number of ether oxygens (including phenoxy) is 3. The Balaban J connectivity index is 1.27. The number of carbonyl (C=O) groups is 15. The summed E-state index contributed by atoms with van der Waals surface area (Å²) in [5.41, 5.74) is 2.71. The van der Waals surface area contributed by atoms with Gasteiger partial charge in [-0.1, -0.05) is 105 Å². The molecule has 11 amide bonds. The average molecular weight is 1660 g/mol. The number of hydrogen-bond acceptors (Lipinski definition) is 24. The van der Waals surface area contributed by atoms with Crippen LogP contribution in [-0.4, -0.2) is 241 Å². The van der Waals surface area contributed by atoms with Crippen molar-refractivity contribution in [2.75, 3.05) is 58.6 Å². The molecule has 1 fully saturated rings. The Morgan fingerprint density at radius 1 is 0.746 bits per heavy atom. The van der Waals surface area contributed by atoms with Crippen molar-refractivity contribution in [3.8, 4) is 5.75 Å². The first-order chi connectivity index (χ1) is 53.9. The maximum Gasteiger partial charge on any atom is 0.426 e. The van der Waals surface area contributed by atoms with Crippen LogP contribution in [0.25, 0.3) is 0 Å². The molecule has 0 aliphatic carbocycles. The van der Waals surface area contributed by atoms with Crippen molar-refractivity contribution < 1.29 is 107 Å². The highest BCUT2D eigenvalue weighted by atomic mass is 33.1. The number of aromatic nitrogens is 1. The van der Waals surface area contributed by atoms with E-state index in [0.717, 1.165) is 37.4 Å². The van der Waals surface area contributed by atoms with E-state index in [0.29, 0.717) is 35.8 Å². The number of amides is 11. The van der Waals surface area contributed by atoms with Gasteiger partial charge in [-0.15, -0.1) is 11.3 Å². The Labute approximate surface area is 675 Å². The minimum absolute atomic E-state index is 0.0167. The lowest BCUT2D eigenvalue weighted by Gasteiger charge is -2.43. The number of phenols is 1. The van der Waals surface area contributed by atoms with Gasteiger partial charge in [-0.05, 0) is 128 Å². The zero-order valence-corrected chi connectivity index (χ0v) is 69.0. The maximum absolute atomic E-state index is 15.1. The van der Waals surface area contributed by atoms with Crippen molar-refractivity contribution >= 4 is 122 Å². The van der Waals surface area contributed by atoms with Crippen LogP contribution in [0.1, 0.15) is 179 Å². The zero-order valence-electron chi connectivity index (χ0n) is 66.6. The number of nitrogens with zero attached hydrogens (tertiary/aromatic N) is 4. The summed E-state index contributed by atoms with van der Waals surface area (Å²) in [5.74, 6) is -10.2. The van der Waals surface area contributed by atoms with Crippen LogP contribution in [0.2, 0.25) is 0 Å². The third-order valence-electron chi connectivity index (χ3n) is 19.1. The third kappa shape index (κ3) is 34.1. The van der Waals surface area contributed by atoms with Gasteiger partial charge in [0, 0.05) is 94.4 Å². The van der Waals surface area contributed by atoms with Crippen LogP contribution in [0.5, 0.6) is 5.75 Å². The lowest BCUT2D eigenvalue weighted by Crippen LogP contribution is -2.62. The van der Waals surface area contributed by atoms with Gasteiger partial charge in [-0.3, -0.25) is 63.1 Å². The Bertz CT molecular complexity index is 3730. The van der Waals surface area contributed by atoms with Gasteiger partial charge in [0.15, 0.2) is 6.73 Å². The molecule has 3 aromatic rings. The molecule has 2 aromatic carbocycles. The SMILES string of the molecule is CCCC(=O)OCN(C(=O)[C@@H](NC(=O)[C@H]1CCCCN1C)C(C)CC)[C@H](CCc1nc(C(=O)N[C@@H](Cc2ccc(O)cc2)C[C@H](C)C(=O)NNC(=O)OCCSSCCNC(=O)[C@@H](Cc2ccccc2)N(C)C(=O)[C@H](C)NC(=O)CCCNC(=O)CC[C@](C)(NC(=O)N[C@@H](CCC(=O)O)C(=O)O)C(=O)O)cs1)C(C)(C)OC(C)=O. The van der Waals surface area contributed by atoms with E-state index in [2.05, 4.69) is 47.7 Å². The molecule has 0 spiro atoms. The molecule has 1 saturated heterocycles. The molecule has 35 nitrogen and oxygen atoms in total. The highest BCUT2D eigenvalue weighted by Gasteiger charge is 2.44. The van der Waals surface area contributed by atoms with Crippen molar-refractivity contribution in [1.29, 1.82) is 0 Å². The average Bonchev–Trinajstić information content (AvgIpc) is 0.904. The van der Waals surface area contributed by atoms with Crippen molar-refractivity contribution in [3.63, 3.8) is 0 Å². The van der Waals surface area contributed by atoms with E-state index in [1.807, 2.05) is 38.0 Å². The van der Waals surface area contributed by atoms with Gasteiger partial charge < -0.3 is 81.7 Å². The van der Waals surface area contributed by atoms with Crippen LogP contribution in [0.3, 0.4) is 0 Å². The predicted molar refractivity (Wildman–Crippen MR) is 424 cm³/mol. The molecule has 10 atom stereocenters. The van der Waals surface area contributed by atoms with E-state index < -0.39 is 175 Å². The van der Waals surface area contributed by atoms with Crippen molar-refractivity contribution in [2.24, 2.45) is 11.8 Å². The minimum Gasteiger partial charge on any atom is -0.508 e. The van der Waals surface area contributed by atoms with Crippen molar-refractivity contribution in [3.05, 3.63) is 81.8 Å². The fourth-order valence-corrected chi connectivity index (χ4v) is 14.9. The van der Waals surface area contributed by atoms with Crippen molar-refractivity contribution in [1.82, 2.24) is 67.8 Å². The largest absolute Gasteiger partial charge is 0.508 e. The number of piperidine rings is 1. The number of esters is 2. The molecular formula is C76H113N13O22S3. The quantitative estimate of drug-likeness (QED) is 0.00886. The van der Waals surface area contributed by atoms with Crippen molar-refractivity contribution in [2.45, 2.75) is 225 Å². The van der Waals surface area contributed by atoms with Gasteiger partial charge in [0.1, 0.15) is 53.4 Å². The molecule has 38 heteroatoms. The van der Waals surface area contributed by atoms with Gasteiger partial charge in [0.05, 0.1) is 17.1 Å². The molecule has 632 valence electrons. The van der Waals surface area contributed by atoms with Gasteiger partial charge >= 0.3 is 42.0 Å². The maximum atomic E-state index is 15.1. The standard InChI is InChI=1S/C76H113N13O22S3/c1-12-20-63(96)110-45-89(70(102)64(46(3)13-2)83-68(100)56-23-17-18-37-87(56)10)58(75(7,8)111-49(6)90)30-31-61-81-55(44-112-61)66(98)80-52(42-51-25-27-53(91)28-26-51)41-47(4)65(97)85-86-74(108)109-38-40-114-113-39-36-78-67(99)57(43-50-21-15-14-16-22-50)88(11)69(101)48(5)79-60(93)24-19-35-77-59(92)33-34-76(9,72(105)106)84-73(107)82-54(71(103)104)29-32-62(94)95/h14-16,21-22,25-28,44,46-48,52,54,56-58,64,91H,12-13,17-20,23-24,29-43,45H2,1-11H3,(H,77,92)(H,78,99)(H,79,93)(H,80,98)(H,83,100)(H,85,97)(H,86,108)(H,94,95)(H,103,104)(H,105,106)(H2,82,84,107)/t46?,47-,48-,52+,54-,56+,57+,58+,64-,76-/m0/s1. The second kappa shape index (κ2) is 49.1. The van der Waals surface area contributed by atoms with Gasteiger partial charge in [-0.2, -0.15) is 0 Å². The van der Waals surface area contributed by atoms with Crippen LogP contribution >= 0.6 is 32.9 Å². The molecule has 13 N–H and O–H groups in total. The summed E-state index contributed by atoms with van der Waals surface area (Å²) in [5, 5.41) is 58.3. The smallest absolute Gasteiger partial charge is 0.426 e. The molecule has 114 heavy (non-hydrogen) atoms. The number of aromatic hydroxyl groups is 1. The minimum atomic E-state index is -2.04. The number of thiazole rings is 1. The molecular weight excluding hydrogens is 1540 g/mol. The number of rotatable bonds is 49. The van der Waals surface area contributed by atoms with Gasteiger partial charge in [0.25, 0.3) is 5.91 Å². The lowest BCUT2D eigenvalue weighted by atomic mass is 9.90. The summed E-state index contributed by atoms with van der Waals surface area (Å²) < 4.78 is 16.9. The fourth-order valence-electron chi connectivity index (χ4n) is 12.3. The molecule has 2 heterocycles. The molecule has 1 aromatic heterocycles. The topological polar surface area (TPSA) is 496 Å². The third-order valence-corrected chi connectivity index (χ3v) is 22.3. The number of urea groups is 1. The van der Waals surface area contributed by atoms with Gasteiger partial charge in [-0.25, -0.2) is 29.6 Å². The molecule has 0 radical (unpaired) electrons. The number of aliphatic carboxylic acids is 3. The van der Waals surface area contributed by atoms with Crippen LogP contribution < -0.4 is 48.1 Å². The highest BCUT2D eigenvalue weighted by molar-refractivity contribution is 8.76. The second-order valence-corrected chi connectivity index (χ2v) is 32.4. The molecule has 1 aliphatic rings. The second-order valence-electron chi connectivity index (χ2n) is 28.8. The van der Waals surface area contributed by atoms with Gasteiger partial charge in [0.2, 0.25) is 41.4 Å². The number of benzene rings is 2. The van der Waals surface area contributed by atoms with E-state index in [1.54, 1.807) is 68.6 Å². The van der Waals surface area contributed by atoms with E-state index in [-0.39, 0.29) is 94.3 Å². The predicted octanol–water partition coefficient (Wildman–Crippen LogP) is 4.97. The number of carboxylic acid groups (broad SMARTS) is 3. The van der Waals surface area contributed by atoms with Crippen LogP contribution in [0.15, 0.2) is 60.0 Å². The van der Waals surface area contributed by atoms with E-state index in [9.17, 15) is 82.4 Å². The number of nitrogens with one attached hydrogen (secondary N) is 9. The number of phenolic OH excluding ortho intramolecular Hbond substituents is 1. The number of likely N-dealkylation sites (tertiary alicyclic amines) is 1. The molecule has 0 bridgehead atoms. The number of hydrazine groups is 1. The summed E-state index contributed by atoms with van der Waals surface area (Å²) in [7, 11) is 6.02. The summed E-state index contributed by atoms with van der Waals surface area (Å²) >= 11 is 1.17. The Hall–Kier alpha value is -9.82. The van der Waals surface area contributed by atoms with Crippen LogP contribution in [-0.2, 0) is 91.0 Å².